The van der Waals surface area contributed by atoms with Gasteiger partial charge in [-0.1, -0.05) is 0 Å². The number of halogens is 6. The highest BCUT2D eigenvalue weighted by atomic mass is 19.4. The molecule has 96 valence electrons. The largest absolute Gasteiger partial charge is 0.428 e. The zero-order valence-electron chi connectivity index (χ0n) is 8.03. The number of hydrogen-bond donors (Lipinski definition) is 1. The van der Waals surface area contributed by atoms with Gasteiger partial charge in [-0.2, -0.15) is 26.3 Å². The highest BCUT2D eigenvalue weighted by Gasteiger charge is 2.74. The Morgan fingerprint density at radius 3 is 1.75 bits per heavy atom. The van der Waals surface area contributed by atoms with Crippen molar-refractivity contribution >= 4 is 0 Å². The minimum atomic E-state index is -5.80. The summed E-state index contributed by atoms with van der Waals surface area (Å²) in [6.07, 6.45) is -13.8. The van der Waals surface area contributed by atoms with Crippen molar-refractivity contribution in [1.82, 2.24) is 0 Å². The number of aliphatic hydroxyl groups is 1. The van der Waals surface area contributed by atoms with Crippen LogP contribution in [-0.4, -0.2) is 35.8 Å². The third kappa shape index (κ3) is 2.13. The zero-order valence-corrected chi connectivity index (χ0v) is 8.03. The molecule has 16 heavy (non-hydrogen) atoms. The molecule has 0 aromatic carbocycles. The van der Waals surface area contributed by atoms with Gasteiger partial charge in [0.1, 0.15) is 6.10 Å². The van der Waals surface area contributed by atoms with Gasteiger partial charge in [0.05, 0.1) is 0 Å². The van der Waals surface area contributed by atoms with Crippen molar-refractivity contribution in [2.75, 3.05) is 6.61 Å². The second kappa shape index (κ2) is 4.06. The molecule has 1 aliphatic rings. The van der Waals surface area contributed by atoms with Gasteiger partial charge in [-0.3, -0.25) is 0 Å². The Kier molecular flexibility index (Phi) is 3.45. The predicted molar refractivity (Wildman–Crippen MR) is 40.7 cm³/mol. The Morgan fingerprint density at radius 1 is 0.938 bits per heavy atom. The van der Waals surface area contributed by atoms with Crippen molar-refractivity contribution in [3.8, 4) is 0 Å². The van der Waals surface area contributed by atoms with Crippen molar-refractivity contribution in [1.29, 1.82) is 0 Å². The summed E-state index contributed by atoms with van der Waals surface area (Å²) in [4.78, 5) is 0. The first-order valence-electron chi connectivity index (χ1n) is 4.58. The molecule has 0 aromatic rings. The van der Waals surface area contributed by atoms with Crippen LogP contribution >= 0.6 is 0 Å². The van der Waals surface area contributed by atoms with Gasteiger partial charge in [-0.15, -0.1) is 0 Å². The van der Waals surface area contributed by atoms with Crippen molar-refractivity contribution in [3.05, 3.63) is 0 Å². The van der Waals surface area contributed by atoms with Gasteiger partial charge in [-0.05, 0) is 19.3 Å². The second-order valence-electron chi connectivity index (χ2n) is 3.62. The zero-order chi connectivity index (χ0) is 12.6. The molecule has 0 bridgehead atoms. The summed E-state index contributed by atoms with van der Waals surface area (Å²) in [5.41, 5.74) is -4.78. The monoisotopic (exact) mass is 252 g/mol. The van der Waals surface area contributed by atoms with E-state index in [0.29, 0.717) is 6.42 Å². The standard InChI is InChI=1S/C8H10F6O2/c9-7(10,11)6(15,8(12,13)14)5-3-1-2-4-16-5/h5,15H,1-4H2. The molecule has 1 aliphatic heterocycles. The first-order valence-corrected chi connectivity index (χ1v) is 4.58. The van der Waals surface area contributed by atoms with Crippen molar-refractivity contribution in [3.63, 3.8) is 0 Å². The molecular formula is C8H10F6O2. The summed E-state index contributed by atoms with van der Waals surface area (Å²) in [5, 5.41) is 8.93. The van der Waals surface area contributed by atoms with Crippen molar-refractivity contribution in [2.24, 2.45) is 0 Å². The molecule has 0 aromatic heterocycles. The third-order valence-corrected chi connectivity index (χ3v) is 2.51. The average Bonchev–Trinajstić information content (AvgIpc) is 2.14. The van der Waals surface area contributed by atoms with E-state index in [0.717, 1.165) is 0 Å². The van der Waals surface area contributed by atoms with E-state index >= 15 is 0 Å². The predicted octanol–water partition coefficient (Wildman–Crippen LogP) is 2.41. The number of rotatable bonds is 1. The van der Waals surface area contributed by atoms with E-state index < -0.39 is 30.5 Å². The van der Waals surface area contributed by atoms with Crippen LogP contribution in [0.5, 0.6) is 0 Å². The van der Waals surface area contributed by atoms with Gasteiger partial charge < -0.3 is 9.84 Å². The van der Waals surface area contributed by atoms with E-state index in [2.05, 4.69) is 4.74 Å². The average molecular weight is 252 g/mol. The summed E-state index contributed by atoms with van der Waals surface area (Å²) in [6, 6.07) is 0. The van der Waals surface area contributed by atoms with Crippen LogP contribution in [0.1, 0.15) is 19.3 Å². The topological polar surface area (TPSA) is 29.5 Å². The normalized spacial score (nSPS) is 24.6. The van der Waals surface area contributed by atoms with Crippen LogP contribution in [-0.2, 0) is 4.74 Å². The molecule has 1 N–H and O–H groups in total. The number of ether oxygens (including phenoxy) is 1. The van der Waals surface area contributed by atoms with Crippen molar-refractivity contribution in [2.45, 2.75) is 43.3 Å². The van der Waals surface area contributed by atoms with Gasteiger partial charge in [0.25, 0.3) is 5.60 Å². The molecule has 1 fully saturated rings. The molecule has 0 aliphatic carbocycles. The SMILES string of the molecule is OC(C1CCCCO1)(C(F)(F)F)C(F)(F)F. The smallest absolute Gasteiger partial charge is 0.374 e. The summed E-state index contributed by atoms with van der Waals surface area (Å²) < 4.78 is 78.4. The van der Waals surface area contributed by atoms with Crippen LogP contribution < -0.4 is 0 Å². The lowest BCUT2D eigenvalue weighted by Gasteiger charge is -2.39. The van der Waals surface area contributed by atoms with Crippen molar-refractivity contribution < 1.29 is 36.2 Å². The fourth-order valence-corrected chi connectivity index (χ4v) is 1.60. The Balaban J connectivity index is 3.04. The first-order chi connectivity index (χ1) is 7.11. The highest BCUT2D eigenvalue weighted by molar-refractivity contribution is 5.01. The van der Waals surface area contributed by atoms with E-state index in [1.807, 2.05) is 0 Å². The highest BCUT2D eigenvalue weighted by Crippen LogP contribution is 2.47. The fraction of sp³-hybridized carbons (Fsp3) is 1.00. The Bertz CT molecular complexity index is 226. The molecule has 1 unspecified atom stereocenters. The van der Waals surface area contributed by atoms with E-state index in [1.54, 1.807) is 0 Å². The molecule has 2 nitrogen and oxygen atoms in total. The molecule has 1 atom stereocenters. The Hall–Kier alpha value is -0.500. The van der Waals surface area contributed by atoms with E-state index in [1.165, 1.54) is 0 Å². The molecule has 0 amide bonds. The summed E-state index contributed by atoms with van der Waals surface area (Å²) >= 11 is 0. The van der Waals surface area contributed by atoms with E-state index in [9.17, 15) is 26.3 Å². The van der Waals surface area contributed by atoms with Crippen LogP contribution in [0.15, 0.2) is 0 Å². The maximum atomic E-state index is 12.3. The number of alkyl halides is 6. The molecule has 1 rings (SSSR count). The second-order valence-corrected chi connectivity index (χ2v) is 3.62. The molecule has 0 radical (unpaired) electrons. The summed E-state index contributed by atoms with van der Waals surface area (Å²) in [7, 11) is 0. The van der Waals surface area contributed by atoms with Crippen LogP contribution in [0, 0.1) is 0 Å². The maximum Gasteiger partial charge on any atom is 0.428 e. The molecule has 8 heteroatoms. The number of hydrogen-bond acceptors (Lipinski definition) is 2. The van der Waals surface area contributed by atoms with E-state index in [4.69, 9.17) is 5.11 Å². The lowest BCUT2D eigenvalue weighted by molar-refractivity contribution is -0.397. The third-order valence-electron chi connectivity index (χ3n) is 2.51. The summed E-state index contributed by atoms with van der Waals surface area (Å²) in [6.45, 7) is -0.209. The van der Waals surface area contributed by atoms with Gasteiger partial charge >= 0.3 is 12.4 Å². The lowest BCUT2D eigenvalue weighted by Crippen LogP contribution is -2.65. The van der Waals surface area contributed by atoms with Gasteiger partial charge in [0.2, 0.25) is 0 Å². The van der Waals surface area contributed by atoms with E-state index in [-0.39, 0.29) is 13.0 Å². The lowest BCUT2D eigenvalue weighted by atomic mass is 9.89. The fourth-order valence-electron chi connectivity index (χ4n) is 1.60. The van der Waals surface area contributed by atoms with Gasteiger partial charge in [-0.25, -0.2) is 0 Å². The molecule has 1 heterocycles. The summed E-state index contributed by atoms with van der Waals surface area (Å²) in [5.74, 6) is 0. The maximum absolute atomic E-state index is 12.3. The molecular weight excluding hydrogens is 242 g/mol. The van der Waals surface area contributed by atoms with Crippen LogP contribution in [0.2, 0.25) is 0 Å². The minimum absolute atomic E-state index is 0.166. The Labute approximate surface area is 87.2 Å². The first kappa shape index (κ1) is 13.6. The van der Waals surface area contributed by atoms with Gasteiger partial charge in [0.15, 0.2) is 0 Å². The van der Waals surface area contributed by atoms with Gasteiger partial charge in [0, 0.05) is 6.61 Å². The molecule has 0 saturated carbocycles. The minimum Gasteiger partial charge on any atom is -0.374 e. The molecule has 0 spiro atoms. The quantitative estimate of drug-likeness (QED) is 0.726. The van der Waals surface area contributed by atoms with Crippen LogP contribution in [0.25, 0.3) is 0 Å². The van der Waals surface area contributed by atoms with Crippen LogP contribution in [0.3, 0.4) is 0 Å². The Morgan fingerprint density at radius 2 is 1.44 bits per heavy atom. The van der Waals surface area contributed by atoms with Crippen LogP contribution in [0.4, 0.5) is 26.3 Å². The molecule has 1 saturated heterocycles.